The summed E-state index contributed by atoms with van der Waals surface area (Å²) in [7, 11) is -2.67. The van der Waals surface area contributed by atoms with E-state index in [9.17, 15) is 18.0 Å². The Kier molecular flexibility index (Phi) is 11.3. The summed E-state index contributed by atoms with van der Waals surface area (Å²) in [5, 5.41) is 4.25. The van der Waals surface area contributed by atoms with Crippen LogP contribution in [0.15, 0.2) is 77.7 Å². The van der Waals surface area contributed by atoms with Crippen LogP contribution in [0.25, 0.3) is 0 Å². The van der Waals surface area contributed by atoms with Gasteiger partial charge in [-0.3, -0.25) is 9.59 Å². The topological polar surface area (TPSA) is 86.8 Å². The highest BCUT2D eigenvalue weighted by Crippen LogP contribution is 2.25. The van der Waals surface area contributed by atoms with Gasteiger partial charge in [-0.25, -0.2) is 8.42 Å². The molecule has 11 heteroatoms. The molecule has 1 saturated carbocycles. The molecule has 1 atom stereocenters. The van der Waals surface area contributed by atoms with Gasteiger partial charge in [0.15, 0.2) is 0 Å². The Labute approximate surface area is 262 Å². The van der Waals surface area contributed by atoms with Crippen molar-refractivity contribution in [1.82, 2.24) is 14.5 Å². The van der Waals surface area contributed by atoms with Crippen molar-refractivity contribution in [2.45, 2.75) is 62.0 Å². The summed E-state index contributed by atoms with van der Waals surface area (Å²) in [6.45, 7) is -0.450. The second-order valence-corrected chi connectivity index (χ2v) is 13.8. The molecule has 3 aromatic carbocycles. The van der Waals surface area contributed by atoms with Crippen molar-refractivity contribution in [3.05, 3.63) is 99.0 Å². The molecule has 0 spiro atoms. The first-order chi connectivity index (χ1) is 20.0. The number of amides is 2. The number of hydrogen-bond donors (Lipinski definition) is 1. The maximum atomic E-state index is 14.0. The Morgan fingerprint density at radius 1 is 0.881 bits per heavy atom. The molecule has 7 nitrogen and oxygen atoms in total. The molecule has 1 aliphatic rings. The van der Waals surface area contributed by atoms with Crippen LogP contribution in [0.2, 0.25) is 15.1 Å². The molecule has 0 radical (unpaired) electrons. The first-order valence-electron chi connectivity index (χ1n) is 13.8. The molecule has 0 bridgehead atoms. The monoisotopic (exact) mass is 649 g/mol. The second-order valence-electron chi connectivity index (χ2n) is 10.5. The maximum absolute atomic E-state index is 14.0. The lowest BCUT2D eigenvalue weighted by Crippen LogP contribution is -2.54. The molecule has 1 aliphatic carbocycles. The molecule has 1 unspecified atom stereocenters. The molecule has 42 heavy (non-hydrogen) atoms. The zero-order valence-corrected chi connectivity index (χ0v) is 26.4. The van der Waals surface area contributed by atoms with E-state index >= 15 is 0 Å². The van der Waals surface area contributed by atoms with Crippen molar-refractivity contribution in [2.75, 3.05) is 13.6 Å². The molecule has 3 aromatic rings. The summed E-state index contributed by atoms with van der Waals surface area (Å²) in [4.78, 5) is 29.4. The maximum Gasteiger partial charge on any atom is 0.243 e. The van der Waals surface area contributed by atoms with Crippen LogP contribution in [-0.2, 0) is 32.6 Å². The van der Waals surface area contributed by atoms with E-state index in [1.807, 2.05) is 30.3 Å². The van der Waals surface area contributed by atoms with Gasteiger partial charge in [0.05, 0.1) is 21.5 Å². The van der Waals surface area contributed by atoms with Crippen molar-refractivity contribution in [2.24, 2.45) is 0 Å². The number of likely N-dealkylation sites (N-methyl/N-ethyl adjacent to an activating group) is 1. The van der Waals surface area contributed by atoms with Gasteiger partial charge in [-0.15, -0.1) is 0 Å². The molecule has 1 N–H and O–H groups in total. The van der Waals surface area contributed by atoms with Gasteiger partial charge in [0.2, 0.25) is 21.8 Å². The van der Waals surface area contributed by atoms with Crippen LogP contribution in [-0.4, -0.2) is 55.1 Å². The molecule has 0 heterocycles. The summed E-state index contributed by atoms with van der Waals surface area (Å²) >= 11 is 18.4. The number of rotatable bonds is 11. The molecular formula is C31H34Cl3N3O4S. The van der Waals surface area contributed by atoms with Gasteiger partial charge >= 0.3 is 0 Å². The minimum Gasteiger partial charge on any atom is -0.352 e. The second kappa shape index (κ2) is 14.7. The Hall–Kier alpha value is -2.62. The Morgan fingerprint density at radius 2 is 1.55 bits per heavy atom. The minimum absolute atomic E-state index is 0.00844. The number of nitrogens with zero attached hydrogens (tertiary/aromatic N) is 2. The molecule has 224 valence electrons. The third kappa shape index (κ3) is 8.48. The van der Waals surface area contributed by atoms with Crippen molar-refractivity contribution in [1.29, 1.82) is 0 Å². The fraction of sp³-hybridized carbons (Fsp3) is 0.355. The van der Waals surface area contributed by atoms with E-state index in [1.54, 1.807) is 18.2 Å². The van der Waals surface area contributed by atoms with Gasteiger partial charge in [-0.2, -0.15) is 4.31 Å². The predicted molar refractivity (Wildman–Crippen MR) is 167 cm³/mol. The zero-order chi connectivity index (χ0) is 30.3. The smallest absolute Gasteiger partial charge is 0.243 e. The number of carbonyl (C=O) groups excluding carboxylic acids is 2. The van der Waals surface area contributed by atoms with E-state index in [0.717, 1.165) is 42.0 Å². The summed E-state index contributed by atoms with van der Waals surface area (Å²) in [5.41, 5.74) is 1.53. The summed E-state index contributed by atoms with van der Waals surface area (Å²) in [6, 6.07) is 19.3. The summed E-state index contributed by atoms with van der Waals surface area (Å²) in [6.07, 6.45) is 5.22. The van der Waals surface area contributed by atoms with E-state index < -0.39 is 28.5 Å². The minimum atomic E-state index is -4.01. The highest BCUT2D eigenvalue weighted by Gasteiger charge is 2.34. The van der Waals surface area contributed by atoms with E-state index in [4.69, 9.17) is 34.8 Å². The molecular weight excluding hydrogens is 617 g/mol. The van der Waals surface area contributed by atoms with E-state index in [2.05, 4.69) is 5.32 Å². The SMILES string of the molecule is CN(CC(=O)N(Cc1ccc(Cl)c(Cl)c1)C(Cc1ccccc1)C(=O)NC1CCCCC1)S(=O)(=O)c1ccc(Cl)cc1. The van der Waals surface area contributed by atoms with Crippen LogP contribution in [0.3, 0.4) is 0 Å². The summed E-state index contributed by atoms with van der Waals surface area (Å²) in [5.74, 6) is -0.803. The van der Waals surface area contributed by atoms with Crippen LogP contribution in [0.1, 0.15) is 43.2 Å². The van der Waals surface area contributed by atoms with Crippen LogP contribution >= 0.6 is 34.8 Å². The standard InChI is InChI=1S/C31H34Cl3N3O4S/c1-36(42(40,41)26-15-13-24(32)14-16-26)21-30(38)37(20-23-12-17-27(33)28(34)18-23)29(19-22-8-4-2-5-9-22)31(39)35-25-10-6-3-7-11-25/h2,4-5,8-9,12-18,25,29H,3,6-7,10-11,19-21H2,1H3,(H,35,39). The fourth-order valence-electron chi connectivity index (χ4n) is 5.09. The van der Waals surface area contributed by atoms with Crippen molar-refractivity contribution >= 4 is 56.6 Å². The Morgan fingerprint density at radius 3 is 2.19 bits per heavy atom. The third-order valence-electron chi connectivity index (χ3n) is 7.44. The molecule has 2 amide bonds. The highest BCUT2D eigenvalue weighted by atomic mass is 35.5. The lowest BCUT2D eigenvalue weighted by atomic mass is 9.94. The summed E-state index contributed by atoms with van der Waals surface area (Å²) < 4.78 is 27.6. The molecule has 4 rings (SSSR count). The number of halogens is 3. The third-order valence-corrected chi connectivity index (χ3v) is 10.2. The average Bonchev–Trinajstić information content (AvgIpc) is 2.98. The van der Waals surface area contributed by atoms with Gasteiger partial charge in [0.25, 0.3) is 0 Å². The fourth-order valence-corrected chi connectivity index (χ4v) is 6.65. The Bertz CT molecular complexity index is 1480. The normalized spacial score (nSPS) is 14.9. The number of carbonyl (C=O) groups is 2. The Balaban J connectivity index is 1.67. The molecule has 0 aromatic heterocycles. The number of benzene rings is 3. The molecule has 1 fully saturated rings. The van der Waals surface area contributed by atoms with E-state index in [1.165, 1.54) is 36.2 Å². The van der Waals surface area contributed by atoms with Crippen LogP contribution < -0.4 is 5.32 Å². The van der Waals surface area contributed by atoms with Crippen molar-refractivity contribution in [3.63, 3.8) is 0 Å². The van der Waals surface area contributed by atoms with E-state index in [-0.39, 0.29) is 29.8 Å². The van der Waals surface area contributed by atoms with Crippen LogP contribution in [0, 0.1) is 0 Å². The largest absolute Gasteiger partial charge is 0.352 e. The molecule has 0 aliphatic heterocycles. The van der Waals surface area contributed by atoms with E-state index in [0.29, 0.717) is 20.6 Å². The predicted octanol–water partition coefficient (Wildman–Crippen LogP) is 6.36. The zero-order valence-electron chi connectivity index (χ0n) is 23.3. The van der Waals surface area contributed by atoms with Gasteiger partial charge in [-0.1, -0.05) is 90.5 Å². The number of hydrogen-bond acceptors (Lipinski definition) is 4. The van der Waals surface area contributed by atoms with Crippen LogP contribution in [0.4, 0.5) is 0 Å². The van der Waals surface area contributed by atoms with Crippen LogP contribution in [0.5, 0.6) is 0 Å². The quantitative estimate of drug-likeness (QED) is 0.262. The first-order valence-corrected chi connectivity index (χ1v) is 16.4. The lowest BCUT2D eigenvalue weighted by molar-refractivity contribution is -0.141. The first kappa shape index (κ1) is 32.3. The van der Waals surface area contributed by atoms with Gasteiger partial charge in [0.1, 0.15) is 6.04 Å². The number of nitrogens with one attached hydrogen (secondary N) is 1. The lowest BCUT2D eigenvalue weighted by Gasteiger charge is -2.34. The van der Waals surface area contributed by atoms with Gasteiger partial charge < -0.3 is 10.2 Å². The van der Waals surface area contributed by atoms with Gasteiger partial charge in [-0.05, 0) is 60.4 Å². The van der Waals surface area contributed by atoms with Crippen molar-refractivity contribution in [3.8, 4) is 0 Å². The average molecular weight is 651 g/mol. The van der Waals surface area contributed by atoms with Gasteiger partial charge in [0, 0.05) is 31.1 Å². The van der Waals surface area contributed by atoms with Crippen molar-refractivity contribution < 1.29 is 18.0 Å². The highest BCUT2D eigenvalue weighted by molar-refractivity contribution is 7.89. The number of sulfonamides is 1. The molecule has 0 saturated heterocycles.